The Labute approximate surface area is 208 Å². The highest BCUT2D eigenvalue weighted by atomic mass is 127. The molecule has 2 aliphatic rings. The number of carbonyl (C=O) groups excluding carboxylic acids is 1. The van der Waals surface area contributed by atoms with Gasteiger partial charge in [0.2, 0.25) is 0 Å². The first-order chi connectivity index (χ1) is 14.9. The van der Waals surface area contributed by atoms with Crippen molar-refractivity contribution in [1.82, 2.24) is 25.2 Å². The molecule has 1 unspecified atom stereocenters. The molecule has 1 atom stereocenters. The molecule has 0 aromatic carbocycles. The minimum Gasteiger partial charge on any atom is -0.444 e. The van der Waals surface area contributed by atoms with Crippen molar-refractivity contribution < 1.29 is 14.1 Å². The van der Waals surface area contributed by atoms with Gasteiger partial charge in [-0.15, -0.1) is 24.0 Å². The van der Waals surface area contributed by atoms with Gasteiger partial charge < -0.3 is 24.4 Å². The Hall–Kier alpha value is -1.56. The van der Waals surface area contributed by atoms with E-state index in [0.717, 1.165) is 76.7 Å². The topological polar surface area (TPSA) is 86.4 Å². The lowest BCUT2D eigenvalue weighted by Gasteiger charge is -2.38. The van der Waals surface area contributed by atoms with Crippen LogP contribution in [0, 0.1) is 0 Å². The molecule has 2 saturated heterocycles. The second-order valence-electron chi connectivity index (χ2n) is 9.27. The second-order valence-corrected chi connectivity index (χ2v) is 9.27. The average molecular weight is 562 g/mol. The number of guanidine groups is 1. The predicted octanol–water partition coefficient (Wildman–Crippen LogP) is 3.17. The van der Waals surface area contributed by atoms with Crippen molar-refractivity contribution in [3.8, 4) is 0 Å². The molecule has 1 amide bonds. The van der Waals surface area contributed by atoms with Gasteiger partial charge in [0.15, 0.2) is 5.96 Å². The Kier molecular flexibility index (Phi) is 10.5. The Morgan fingerprint density at radius 3 is 2.62 bits per heavy atom. The maximum atomic E-state index is 12.7. The van der Waals surface area contributed by atoms with E-state index in [0.29, 0.717) is 6.54 Å². The summed E-state index contributed by atoms with van der Waals surface area (Å²) < 4.78 is 10.6. The van der Waals surface area contributed by atoms with Crippen LogP contribution in [0.3, 0.4) is 0 Å². The minimum absolute atomic E-state index is 0. The van der Waals surface area contributed by atoms with Crippen molar-refractivity contribution >= 4 is 36.0 Å². The maximum Gasteiger partial charge on any atom is 0.410 e. The van der Waals surface area contributed by atoms with Crippen LogP contribution in [0.2, 0.25) is 0 Å². The van der Waals surface area contributed by atoms with Crippen LogP contribution in [-0.2, 0) is 11.3 Å². The van der Waals surface area contributed by atoms with Gasteiger partial charge in [-0.05, 0) is 47.0 Å². The van der Waals surface area contributed by atoms with E-state index in [2.05, 4.69) is 27.2 Å². The zero-order valence-electron chi connectivity index (χ0n) is 19.9. The van der Waals surface area contributed by atoms with Gasteiger partial charge in [-0.2, -0.15) is 0 Å². The summed E-state index contributed by atoms with van der Waals surface area (Å²) in [4.78, 5) is 24.2. The van der Waals surface area contributed by atoms with E-state index in [-0.39, 0.29) is 36.1 Å². The van der Waals surface area contributed by atoms with Gasteiger partial charge in [-0.1, -0.05) is 5.16 Å². The van der Waals surface area contributed by atoms with E-state index in [4.69, 9.17) is 14.3 Å². The monoisotopic (exact) mass is 562 g/mol. The number of ether oxygens (including phenoxy) is 1. The van der Waals surface area contributed by atoms with Crippen molar-refractivity contribution in [3.05, 3.63) is 18.0 Å². The van der Waals surface area contributed by atoms with E-state index in [1.807, 2.05) is 31.7 Å². The lowest BCUT2D eigenvalue weighted by molar-refractivity contribution is 0.0109. The first-order valence-corrected chi connectivity index (χ1v) is 11.5. The Bertz CT molecular complexity index is 714. The third-order valence-electron chi connectivity index (χ3n) is 5.59. The van der Waals surface area contributed by atoms with Crippen LogP contribution >= 0.6 is 24.0 Å². The van der Waals surface area contributed by atoms with Crippen molar-refractivity contribution in [2.45, 2.75) is 65.1 Å². The van der Waals surface area contributed by atoms with Gasteiger partial charge >= 0.3 is 6.09 Å². The third-order valence-corrected chi connectivity index (χ3v) is 5.59. The predicted molar refractivity (Wildman–Crippen MR) is 135 cm³/mol. The Balaban J connectivity index is 0.00000363. The fourth-order valence-electron chi connectivity index (χ4n) is 4.03. The lowest BCUT2D eigenvalue weighted by Crippen LogP contribution is -2.53. The molecule has 9 nitrogen and oxygen atoms in total. The summed E-state index contributed by atoms with van der Waals surface area (Å²) in [6, 6.07) is 2.00. The van der Waals surface area contributed by atoms with Crippen LogP contribution in [0.1, 0.15) is 52.7 Å². The summed E-state index contributed by atoms with van der Waals surface area (Å²) in [5.74, 6) is 0.929. The van der Waals surface area contributed by atoms with E-state index < -0.39 is 5.60 Å². The number of piperazine rings is 1. The number of aromatic nitrogens is 1. The fraction of sp³-hybridized carbons (Fsp3) is 0.773. The number of aliphatic imine (C=N–C) groups is 1. The highest BCUT2D eigenvalue weighted by molar-refractivity contribution is 14.0. The average Bonchev–Trinajstić information content (AvgIpc) is 3.24. The lowest BCUT2D eigenvalue weighted by atomic mass is 10.0. The van der Waals surface area contributed by atoms with E-state index in [1.165, 1.54) is 0 Å². The first kappa shape index (κ1) is 26.7. The standard InChI is InChI=1S/C22H38N6O3.HI/c1-5-23-20(27-13-11-26(12-14-27)17-18-9-15-30-25-18)24-16-19-8-6-7-10-28(19)21(29)31-22(2,3)4;/h9,15,19H,5-8,10-14,16-17H2,1-4H3,(H,23,24);1H. The van der Waals surface area contributed by atoms with E-state index >= 15 is 0 Å². The molecular weight excluding hydrogens is 523 g/mol. The molecule has 2 aliphatic heterocycles. The van der Waals surface area contributed by atoms with Gasteiger partial charge in [0.25, 0.3) is 0 Å². The molecule has 1 aromatic heterocycles. The largest absolute Gasteiger partial charge is 0.444 e. The van der Waals surface area contributed by atoms with Crippen molar-refractivity contribution in [1.29, 1.82) is 0 Å². The van der Waals surface area contributed by atoms with Crippen molar-refractivity contribution in [2.24, 2.45) is 4.99 Å². The molecule has 3 rings (SSSR count). The highest BCUT2D eigenvalue weighted by Crippen LogP contribution is 2.21. The van der Waals surface area contributed by atoms with Crippen LogP contribution in [0.15, 0.2) is 21.8 Å². The quantitative estimate of drug-likeness (QED) is 0.335. The summed E-state index contributed by atoms with van der Waals surface area (Å²) in [5.41, 5.74) is 0.483. The molecule has 0 bridgehead atoms. The summed E-state index contributed by atoms with van der Waals surface area (Å²) in [6.45, 7) is 14.5. The van der Waals surface area contributed by atoms with Gasteiger partial charge in [-0.3, -0.25) is 9.89 Å². The molecule has 3 heterocycles. The van der Waals surface area contributed by atoms with Crippen LogP contribution < -0.4 is 5.32 Å². The number of hydrogen-bond acceptors (Lipinski definition) is 6. The van der Waals surface area contributed by atoms with E-state index in [1.54, 1.807) is 6.26 Å². The van der Waals surface area contributed by atoms with Crippen molar-refractivity contribution in [2.75, 3.05) is 45.8 Å². The summed E-state index contributed by atoms with van der Waals surface area (Å²) in [7, 11) is 0. The number of amides is 1. The molecule has 0 radical (unpaired) electrons. The molecule has 0 aliphatic carbocycles. The van der Waals surface area contributed by atoms with Gasteiger partial charge in [-0.25, -0.2) is 4.79 Å². The number of carbonyl (C=O) groups is 1. The van der Waals surface area contributed by atoms with Crippen LogP contribution in [0.4, 0.5) is 4.79 Å². The molecule has 32 heavy (non-hydrogen) atoms. The summed E-state index contributed by atoms with van der Waals surface area (Å²) in [6.07, 6.45) is 4.50. The number of likely N-dealkylation sites (tertiary alicyclic amines) is 1. The molecule has 0 spiro atoms. The smallest absolute Gasteiger partial charge is 0.410 e. The zero-order chi connectivity index (χ0) is 22.3. The molecule has 1 aromatic rings. The number of hydrogen-bond donors (Lipinski definition) is 1. The Morgan fingerprint density at radius 2 is 2.00 bits per heavy atom. The van der Waals surface area contributed by atoms with Crippen LogP contribution in [0.25, 0.3) is 0 Å². The van der Waals surface area contributed by atoms with Gasteiger partial charge in [0.1, 0.15) is 11.9 Å². The van der Waals surface area contributed by atoms with Gasteiger partial charge in [0.05, 0.1) is 18.3 Å². The van der Waals surface area contributed by atoms with Crippen LogP contribution in [0.5, 0.6) is 0 Å². The first-order valence-electron chi connectivity index (χ1n) is 11.5. The number of nitrogens with one attached hydrogen (secondary N) is 1. The van der Waals surface area contributed by atoms with E-state index in [9.17, 15) is 4.79 Å². The Morgan fingerprint density at radius 1 is 1.25 bits per heavy atom. The summed E-state index contributed by atoms with van der Waals surface area (Å²) >= 11 is 0. The highest BCUT2D eigenvalue weighted by Gasteiger charge is 2.30. The second kappa shape index (κ2) is 12.6. The summed E-state index contributed by atoms with van der Waals surface area (Å²) in [5, 5.41) is 7.44. The molecule has 2 fully saturated rings. The number of halogens is 1. The zero-order valence-corrected chi connectivity index (χ0v) is 22.2. The molecule has 1 N–H and O–H groups in total. The van der Waals surface area contributed by atoms with Crippen LogP contribution in [-0.4, -0.2) is 89.4 Å². The normalized spacial score (nSPS) is 20.6. The number of nitrogens with zero attached hydrogens (tertiary/aromatic N) is 5. The van der Waals surface area contributed by atoms with Crippen molar-refractivity contribution in [3.63, 3.8) is 0 Å². The fourth-order valence-corrected chi connectivity index (χ4v) is 4.03. The molecule has 10 heteroatoms. The minimum atomic E-state index is -0.483. The van der Waals surface area contributed by atoms with Gasteiger partial charge in [0, 0.05) is 51.9 Å². The number of piperidine rings is 1. The molecule has 182 valence electrons. The molecule has 0 saturated carbocycles. The third kappa shape index (κ3) is 8.09. The SMILES string of the molecule is CCNC(=NCC1CCCCN1C(=O)OC(C)(C)C)N1CCN(Cc2ccon2)CC1.I. The maximum absolute atomic E-state index is 12.7. The molecular formula is C22H39IN6O3. The number of rotatable bonds is 5.